The molecular formula is C21H25NO5. The molecule has 1 aliphatic carbocycles. The van der Waals surface area contributed by atoms with Gasteiger partial charge in [-0.2, -0.15) is 0 Å². The van der Waals surface area contributed by atoms with Crippen molar-refractivity contribution in [1.82, 2.24) is 5.32 Å². The zero-order chi connectivity index (χ0) is 19.6. The molecular weight excluding hydrogens is 346 g/mol. The Balaban J connectivity index is 1.82. The van der Waals surface area contributed by atoms with Gasteiger partial charge in [-0.05, 0) is 43.7 Å². The summed E-state index contributed by atoms with van der Waals surface area (Å²) in [4.78, 5) is 36.1. The van der Waals surface area contributed by atoms with Crippen LogP contribution in [0.25, 0.3) is 11.0 Å². The lowest BCUT2D eigenvalue weighted by atomic mass is 9.98. The maximum atomic E-state index is 12.6. The van der Waals surface area contributed by atoms with Crippen LogP contribution in [-0.4, -0.2) is 17.9 Å². The van der Waals surface area contributed by atoms with E-state index < -0.39 is 17.6 Å². The summed E-state index contributed by atoms with van der Waals surface area (Å²) in [6.07, 6.45) is 3.90. The number of nitrogens with one attached hydrogen (secondary N) is 1. The number of hydrogen-bond donors (Lipinski definition) is 1. The van der Waals surface area contributed by atoms with E-state index in [-0.39, 0.29) is 18.4 Å². The highest BCUT2D eigenvalue weighted by Gasteiger charge is 2.32. The summed E-state index contributed by atoms with van der Waals surface area (Å²) in [5.41, 5.74) is 2.55. The normalized spacial score (nSPS) is 15.7. The van der Waals surface area contributed by atoms with Gasteiger partial charge in [0.05, 0.1) is 0 Å². The molecule has 1 aromatic heterocycles. The van der Waals surface area contributed by atoms with Crippen molar-refractivity contribution >= 4 is 22.8 Å². The van der Waals surface area contributed by atoms with Crippen molar-refractivity contribution < 1.29 is 18.7 Å². The highest BCUT2D eigenvalue weighted by atomic mass is 16.5. The average molecular weight is 371 g/mol. The van der Waals surface area contributed by atoms with E-state index in [0.717, 1.165) is 42.2 Å². The highest BCUT2D eigenvalue weighted by Crippen LogP contribution is 2.29. The van der Waals surface area contributed by atoms with E-state index >= 15 is 0 Å². The van der Waals surface area contributed by atoms with Crippen molar-refractivity contribution in [2.75, 3.05) is 0 Å². The molecule has 3 rings (SSSR count). The fourth-order valence-corrected chi connectivity index (χ4v) is 3.76. The van der Waals surface area contributed by atoms with Crippen LogP contribution in [0.4, 0.5) is 0 Å². The SMILES string of the molecule is CC(=O)N[C@H](C(=O)OCc1cc(=O)oc2c(C)c(C)ccc12)C1CCCC1. The summed E-state index contributed by atoms with van der Waals surface area (Å²) in [5, 5.41) is 3.48. The van der Waals surface area contributed by atoms with Gasteiger partial charge in [0.15, 0.2) is 0 Å². The largest absolute Gasteiger partial charge is 0.459 e. The lowest BCUT2D eigenvalue weighted by Crippen LogP contribution is -2.45. The summed E-state index contributed by atoms with van der Waals surface area (Å²) in [5.74, 6) is -0.605. The standard InChI is InChI=1S/C21H25NO5/c1-12-8-9-17-16(10-18(24)27-20(17)13(12)2)11-26-21(25)19(22-14(3)23)15-6-4-5-7-15/h8-10,15,19H,4-7,11H2,1-3H3,(H,22,23)/t19-/m0/s1. The van der Waals surface area contributed by atoms with E-state index in [1.54, 1.807) is 0 Å². The molecule has 0 saturated heterocycles. The number of amides is 1. The summed E-state index contributed by atoms with van der Waals surface area (Å²) in [7, 11) is 0. The minimum atomic E-state index is -0.639. The molecule has 0 radical (unpaired) electrons. The number of fused-ring (bicyclic) bond motifs is 1. The fourth-order valence-electron chi connectivity index (χ4n) is 3.76. The molecule has 0 bridgehead atoms. The molecule has 144 valence electrons. The minimum Gasteiger partial charge on any atom is -0.459 e. The van der Waals surface area contributed by atoms with Gasteiger partial charge in [-0.1, -0.05) is 25.0 Å². The van der Waals surface area contributed by atoms with Crippen molar-refractivity contribution in [3.63, 3.8) is 0 Å². The number of carbonyl (C=O) groups is 2. The smallest absolute Gasteiger partial charge is 0.336 e. The number of ether oxygens (including phenoxy) is 1. The maximum Gasteiger partial charge on any atom is 0.336 e. The Bertz CT molecular complexity index is 924. The third-order valence-electron chi connectivity index (χ3n) is 5.37. The molecule has 1 saturated carbocycles. The summed E-state index contributed by atoms with van der Waals surface area (Å²) in [6.45, 7) is 5.20. The van der Waals surface area contributed by atoms with E-state index in [0.29, 0.717) is 11.1 Å². The molecule has 0 aliphatic heterocycles. The van der Waals surface area contributed by atoms with E-state index in [1.807, 2.05) is 26.0 Å². The second-order valence-electron chi connectivity index (χ2n) is 7.31. The molecule has 1 aromatic carbocycles. The zero-order valence-electron chi connectivity index (χ0n) is 16.0. The van der Waals surface area contributed by atoms with Crippen LogP contribution >= 0.6 is 0 Å². The Labute approximate surface area is 157 Å². The van der Waals surface area contributed by atoms with Crippen molar-refractivity contribution in [3.8, 4) is 0 Å². The van der Waals surface area contributed by atoms with E-state index in [1.165, 1.54) is 13.0 Å². The Morgan fingerprint density at radius 2 is 1.96 bits per heavy atom. The molecule has 2 aromatic rings. The Kier molecular flexibility index (Phi) is 5.63. The Morgan fingerprint density at radius 3 is 2.63 bits per heavy atom. The minimum absolute atomic E-state index is 0.0355. The number of carbonyl (C=O) groups excluding carboxylic acids is 2. The van der Waals surface area contributed by atoms with Gasteiger partial charge in [0.1, 0.15) is 18.2 Å². The number of esters is 1. The number of aryl methyl sites for hydroxylation is 2. The van der Waals surface area contributed by atoms with Crippen LogP contribution < -0.4 is 10.9 Å². The molecule has 1 atom stereocenters. The molecule has 1 N–H and O–H groups in total. The van der Waals surface area contributed by atoms with E-state index in [4.69, 9.17) is 9.15 Å². The molecule has 1 fully saturated rings. The molecule has 6 heteroatoms. The summed E-state index contributed by atoms with van der Waals surface area (Å²) < 4.78 is 10.9. The van der Waals surface area contributed by atoms with Crippen LogP contribution in [0.15, 0.2) is 27.4 Å². The summed E-state index contributed by atoms with van der Waals surface area (Å²) in [6, 6.07) is 4.53. The molecule has 1 aliphatic rings. The molecule has 1 amide bonds. The molecule has 27 heavy (non-hydrogen) atoms. The second kappa shape index (κ2) is 7.94. The van der Waals surface area contributed by atoms with Crippen LogP contribution in [0.3, 0.4) is 0 Å². The van der Waals surface area contributed by atoms with Gasteiger partial charge in [-0.25, -0.2) is 9.59 Å². The monoisotopic (exact) mass is 371 g/mol. The van der Waals surface area contributed by atoms with Crippen molar-refractivity contribution in [1.29, 1.82) is 0 Å². The molecule has 6 nitrogen and oxygen atoms in total. The first-order chi connectivity index (χ1) is 12.9. The van der Waals surface area contributed by atoms with Crippen LogP contribution in [0, 0.1) is 19.8 Å². The van der Waals surface area contributed by atoms with Gasteiger partial charge in [0.25, 0.3) is 0 Å². The Hall–Kier alpha value is -2.63. The van der Waals surface area contributed by atoms with Gasteiger partial charge in [-0.3, -0.25) is 4.79 Å². The van der Waals surface area contributed by atoms with E-state index in [9.17, 15) is 14.4 Å². The predicted octanol–water partition coefficient (Wildman–Crippen LogP) is 3.15. The predicted molar refractivity (Wildman–Crippen MR) is 101 cm³/mol. The number of hydrogen-bond acceptors (Lipinski definition) is 5. The van der Waals surface area contributed by atoms with Crippen molar-refractivity contribution in [2.45, 2.75) is 59.1 Å². The van der Waals surface area contributed by atoms with Gasteiger partial charge in [0.2, 0.25) is 5.91 Å². The highest BCUT2D eigenvalue weighted by molar-refractivity contribution is 5.85. The third-order valence-corrected chi connectivity index (χ3v) is 5.37. The first-order valence-electron chi connectivity index (χ1n) is 9.33. The zero-order valence-corrected chi connectivity index (χ0v) is 16.0. The summed E-state index contributed by atoms with van der Waals surface area (Å²) >= 11 is 0. The van der Waals surface area contributed by atoms with Gasteiger partial charge in [-0.15, -0.1) is 0 Å². The third kappa shape index (κ3) is 4.21. The second-order valence-corrected chi connectivity index (χ2v) is 7.31. The van der Waals surface area contributed by atoms with Crippen molar-refractivity contribution in [3.05, 3.63) is 45.3 Å². The van der Waals surface area contributed by atoms with Gasteiger partial charge >= 0.3 is 11.6 Å². The lowest BCUT2D eigenvalue weighted by Gasteiger charge is -2.22. The molecule has 1 heterocycles. The molecule has 0 unspecified atom stereocenters. The van der Waals surface area contributed by atoms with Crippen molar-refractivity contribution in [2.24, 2.45) is 5.92 Å². The quantitative estimate of drug-likeness (QED) is 0.645. The van der Waals surface area contributed by atoms with Gasteiger partial charge in [0, 0.05) is 23.9 Å². The number of benzene rings is 1. The number of rotatable bonds is 5. The first-order valence-corrected chi connectivity index (χ1v) is 9.33. The maximum absolute atomic E-state index is 12.6. The average Bonchev–Trinajstić information content (AvgIpc) is 3.15. The van der Waals surface area contributed by atoms with Crippen LogP contribution in [0.5, 0.6) is 0 Å². The van der Waals surface area contributed by atoms with Crippen LogP contribution in [-0.2, 0) is 20.9 Å². The van der Waals surface area contributed by atoms with Crippen LogP contribution in [0.1, 0.15) is 49.3 Å². The van der Waals surface area contributed by atoms with Gasteiger partial charge < -0.3 is 14.5 Å². The topological polar surface area (TPSA) is 85.6 Å². The lowest BCUT2D eigenvalue weighted by molar-refractivity contribution is -0.150. The Morgan fingerprint density at radius 1 is 1.26 bits per heavy atom. The van der Waals surface area contributed by atoms with E-state index in [2.05, 4.69) is 5.32 Å². The first kappa shape index (κ1) is 19.1. The van der Waals surface area contributed by atoms with Crippen LogP contribution in [0.2, 0.25) is 0 Å². The fraction of sp³-hybridized carbons (Fsp3) is 0.476. The molecule has 0 spiro atoms.